The molecule has 142 valence electrons. The largest absolute Gasteiger partial charge is 0.421 e. The van der Waals surface area contributed by atoms with Gasteiger partial charge in [-0.3, -0.25) is 10.1 Å². The number of amides is 3. The monoisotopic (exact) mass is 374 g/mol. The van der Waals surface area contributed by atoms with E-state index in [4.69, 9.17) is 9.47 Å². The molecule has 1 fully saturated rings. The van der Waals surface area contributed by atoms with E-state index in [1.54, 1.807) is 20.1 Å². The Morgan fingerprint density at radius 1 is 1.22 bits per heavy atom. The molecule has 2 aromatic rings. The lowest BCUT2D eigenvalue weighted by Crippen LogP contribution is -2.45. The van der Waals surface area contributed by atoms with Gasteiger partial charge < -0.3 is 14.8 Å². The molecule has 3 rings (SSSR count). The molecular formula is C18H19FN4O4. The fraction of sp³-hybridized carbons (Fsp3) is 0.333. The van der Waals surface area contributed by atoms with E-state index in [2.05, 4.69) is 20.6 Å². The number of hydrogen-bond acceptors (Lipinski definition) is 6. The van der Waals surface area contributed by atoms with Crippen molar-refractivity contribution in [2.75, 3.05) is 12.4 Å². The fourth-order valence-electron chi connectivity index (χ4n) is 2.71. The molecule has 0 saturated heterocycles. The number of halogens is 1. The Kier molecular flexibility index (Phi) is 5.60. The minimum atomic E-state index is -0.722. The van der Waals surface area contributed by atoms with Gasteiger partial charge in [-0.15, -0.1) is 0 Å². The Hall–Kier alpha value is -3.07. The molecule has 1 aliphatic carbocycles. The van der Waals surface area contributed by atoms with Crippen LogP contribution in [0.25, 0.3) is 0 Å². The van der Waals surface area contributed by atoms with Crippen LogP contribution in [0, 0.1) is 18.7 Å². The van der Waals surface area contributed by atoms with E-state index in [1.807, 2.05) is 0 Å². The topological polar surface area (TPSA) is 102 Å². The number of nitrogens with zero attached hydrogens (tertiary/aromatic N) is 2. The third kappa shape index (κ3) is 4.56. The van der Waals surface area contributed by atoms with Gasteiger partial charge in [0.05, 0.1) is 6.10 Å². The Balaban J connectivity index is 1.60. The molecule has 0 aliphatic heterocycles. The Bertz CT molecular complexity index is 818. The first-order valence-corrected chi connectivity index (χ1v) is 8.36. The molecule has 27 heavy (non-hydrogen) atoms. The van der Waals surface area contributed by atoms with Crippen LogP contribution in [0.3, 0.4) is 0 Å². The van der Waals surface area contributed by atoms with E-state index in [9.17, 15) is 14.0 Å². The molecule has 9 heteroatoms. The van der Waals surface area contributed by atoms with Gasteiger partial charge in [0, 0.05) is 37.2 Å². The lowest BCUT2D eigenvalue weighted by Gasteiger charge is -2.32. The van der Waals surface area contributed by atoms with E-state index >= 15 is 0 Å². The highest BCUT2D eigenvalue weighted by Crippen LogP contribution is 2.30. The van der Waals surface area contributed by atoms with E-state index in [-0.39, 0.29) is 35.4 Å². The van der Waals surface area contributed by atoms with Crippen LogP contribution in [-0.4, -0.2) is 35.1 Å². The number of anilines is 1. The summed E-state index contributed by atoms with van der Waals surface area (Å²) in [6, 6.07) is 3.52. The highest BCUT2D eigenvalue weighted by Gasteiger charge is 2.35. The number of carbonyl (C=O) groups excluding carboxylic acids is 2. The molecule has 1 saturated carbocycles. The summed E-state index contributed by atoms with van der Waals surface area (Å²) in [4.78, 5) is 31.7. The first-order chi connectivity index (χ1) is 13.0. The van der Waals surface area contributed by atoms with Crippen LogP contribution < -0.4 is 15.4 Å². The van der Waals surface area contributed by atoms with Crippen LogP contribution in [0.4, 0.5) is 14.9 Å². The second kappa shape index (κ2) is 8.09. The van der Waals surface area contributed by atoms with Gasteiger partial charge >= 0.3 is 12.0 Å². The molecule has 1 aliphatic rings. The number of rotatable bonds is 5. The van der Waals surface area contributed by atoms with Crippen molar-refractivity contribution >= 4 is 17.6 Å². The maximum atomic E-state index is 14.4. The lowest BCUT2D eigenvalue weighted by atomic mass is 9.81. The smallest absolute Gasteiger partial charge is 0.325 e. The van der Waals surface area contributed by atoms with Crippen LogP contribution in [0.5, 0.6) is 11.8 Å². The summed E-state index contributed by atoms with van der Waals surface area (Å²) in [5.74, 6) is -1.35. The standard InChI is InChI=1S/C18H19FN4O4/c1-10-6-12(9-14(19)15(10)27-18-20-4-3-5-21-18)22-17(25)23-16(24)11-7-13(8-11)26-2/h3-6,9,11,13H,7-8H2,1-2H3,(H2,22,23,24,25). The van der Waals surface area contributed by atoms with Gasteiger partial charge in [-0.2, -0.15) is 0 Å². The normalized spacial score (nSPS) is 18.3. The third-order valence-corrected chi connectivity index (χ3v) is 4.26. The van der Waals surface area contributed by atoms with Crippen molar-refractivity contribution in [3.05, 3.63) is 42.0 Å². The van der Waals surface area contributed by atoms with Gasteiger partial charge in [0.1, 0.15) is 0 Å². The van der Waals surface area contributed by atoms with Crippen LogP contribution in [0.2, 0.25) is 0 Å². The van der Waals surface area contributed by atoms with Crippen LogP contribution in [0.1, 0.15) is 18.4 Å². The number of benzene rings is 1. The molecule has 0 bridgehead atoms. The van der Waals surface area contributed by atoms with Crippen molar-refractivity contribution in [3.63, 3.8) is 0 Å². The van der Waals surface area contributed by atoms with Gasteiger partial charge in [0.25, 0.3) is 0 Å². The molecular weight excluding hydrogens is 355 g/mol. The predicted octanol–water partition coefficient (Wildman–Crippen LogP) is 2.79. The van der Waals surface area contributed by atoms with Crippen molar-refractivity contribution in [2.45, 2.75) is 25.9 Å². The van der Waals surface area contributed by atoms with E-state index in [1.165, 1.54) is 18.5 Å². The van der Waals surface area contributed by atoms with E-state index < -0.39 is 11.8 Å². The Labute approximate surface area is 155 Å². The van der Waals surface area contributed by atoms with Crippen molar-refractivity contribution in [2.24, 2.45) is 5.92 Å². The maximum Gasteiger partial charge on any atom is 0.325 e. The van der Waals surface area contributed by atoms with Gasteiger partial charge in [0.15, 0.2) is 11.6 Å². The zero-order chi connectivity index (χ0) is 19.4. The van der Waals surface area contributed by atoms with Gasteiger partial charge in [0.2, 0.25) is 5.91 Å². The van der Waals surface area contributed by atoms with E-state index in [0.29, 0.717) is 18.4 Å². The number of methoxy groups -OCH3 is 1. The number of ether oxygens (including phenoxy) is 2. The second-order valence-electron chi connectivity index (χ2n) is 6.21. The zero-order valence-corrected chi connectivity index (χ0v) is 14.9. The summed E-state index contributed by atoms with van der Waals surface area (Å²) >= 11 is 0. The highest BCUT2D eigenvalue weighted by molar-refractivity contribution is 6.02. The number of imide groups is 1. The maximum absolute atomic E-state index is 14.4. The van der Waals surface area contributed by atoms with Crippen molar-refractivity contribution in [1.82, 2.24) is 15.3 Å². The Morgan fingerprint density at radius 2 is 1.93 bits per heavy atom. The van der Waals surface area contributed by atoms with Crippen molar-refractivity contribution in [3.8, 4) is 11.8 Å². The first kappa shape index (κ1) is 18.7. The van der Waals surface area contributed by atoms with Crippen molar-refractivity contribution in [1.29, 1.82) is 0 Å². The molecule has 8 nitrogen and oxygen atoms in total. The first-order valence-electron chi connectivity index (χ1n) is 8.36. The summed E-state index contributed by atoms with van der Waals surface area (Å²) < 4.78 is 24.8. The van der Waals surface area contributed by atoms with Crippen LogP contribution in [0.15, 0.2) is 30.6 Å². The SMILES string of the molecule is COC1CC(C(=O)NC(=O)Nc2cc(C)c(Oc3ncccn3)c(F)c2)C1. The molecule has 0 atom stereocenters. The second-order valence-corrected chi connectivity index (χ2v) is 6.21. The number of aryl methyl sites for hydroxylation is 1. The molecule has 0 spiro atoms. The molecule has 1 aromatic heterocycles. The zero-order valence-electron chi connectivity index (χ0n) is 14.9. The van der Waals surface area contributed by atoms with Crippen molar-refractivity contribution < 1.29 is 23.5 Å². The number of hydrogen-bond donors (Lipinski definition) is 2. The number of nitrogens with one attached hydrogen (secondary N) is 2. The summed E-state index contributed by atoms with van der Waals surface area (Å²) in [6.45, 7) is 1.62. The van der Waals surface area contributed by atoms with Gasteiger partial charge in [-0.1, -0.05) is 0 Å². The molecule has 1 aromatic carbocycles. The summed E-state index contributed by atoms with van der Waals surface area (Å²) in [5, 5.41) is 4.70. The molecule has 0 unspecified atom stereocenters. The highest BCUT2D eigenvalue weighted by atomic mass is 19.1. The molecule has 3 amide bonds. The number of carbonyl (C=O) groups is 2. The summed E-state index contributed by atoms with van der Waals surface area (Å²) in [7, 11) is 1.58. The predicted molar refractivity (Wildman–Crippen MR) is 93.9 cm³/mol. The average molecular weight is 374 g/mol. The minimum Gasteiger partial charge on any atom is -0.421 e. The number of aromatic nitrogens is 2. The van der Waals surface area contributed by atoms with Gasteiger partial charge in [-0.25, -0.2) is 19.2 Å². The summed E-state index contributed by atoms with van der Waals surface area (Å²) in [6.07, 6.45) is 4.17. The minimum absolute atomic E-state index is 0.0124. The molecule has 0 radical (unpaired) electrons. The van der Waals surface area contributed by atoms with Gasteiger partial charge in [-0.05, 0) is 37.5 Å². The molecule has 1 heterocycles. The van der Waals surface area contributed by atoms with Crippen LogP contribution in [-0.2, 0) is 9.53 Å². The lowest BCUT2D eigenvalue weighted by molar-refractivity contribution is -0.131. The fourth-order valence-corrected chi connectivity index (χ4v) is 2.71. The average Bonchev–Trinajstić information content (AvgIpc) is 2.58. The third-order valence-electron chi connectivity index (χ3n) is 4.26. The molecule has 2 N–H and O–H groups in total. The van der Waals surface area contributed by atoms with E-state index in [0.717, 1.165) is 6.07 Å². The summed E-state index contributed by atoms with van der Waals surface area (Å²) in [5.41, 5.74) is 0.631. The quantitative estimate of drug-likeness (QED) is 0.834. The Morgan fingerprint density at radius 3 is 2.56 bits per heavy atom. The number of urea groups is 1. The van der Waals surface area contributed by atoms with Crippen LogP contribution >= 0.6 is 0 Å².